The molecule has 1 aliphatic rings. The Morgan fingerprint density at radius 2 is 1.76 bits per heavy atom. The van der Waals surface area contributed by atoms with Crippen molar-refractivity contribution >= 4 is 34.1 Å². The molecule has 1 N–H and O–H groups in total. The van der Waals surface area contributed by atoms with Gasteiger partial charge in [-0.15, -0.1) is 0 Å². The van der Waals surface area contributed by atoms with Crippen molar-refractivity contribution in [3.05, 3.63) is 71.2 Å². The molecule has 5 rings (SSSR count). The number of ether oxygens (including phenoxy) is 4. The van der Waals surface area contributed by atoms with Crippen molar-refractivity contribution < 1.29 is 23.7 Å². The number of fused-ring (bicyclic) bond motifs is 2. The van der Waals surface area contributed by atoms with Crippen LogP contribution in [0.1, 0.15) is 10.4 Å². The van der Waals surface area contributed by atoms with E-state index in [9.17, 15) is 4.79 Å². The van der Waals surface area contributed by atoms with Crippen molar-refractivity contribution in [2.75, 3.05) is 26.3 Å². The van der Waals surface area contributed by atoms with Crippen LogP contribution in [0.5, 0.6) is 23.0 Å². The van der Waals surface area contributed by atoms with Gasteiger partial charge < -0.3 is 24.3 Å². The molecular formula is C25H19ClN2O5. The number of amides is 1. The third-order valence-electron chi connectivity index (χ3n) is 5.35. The quantitative estimate of drug-likeness (QED) is 0.418. The van der Waals surface area contributed by atoms with Gasteiger partial charge in [0.1, 0.15) is 11.5 Å². The maximum Gasteiger partial charge on any atom is 0.256 e. The average molecular weight is 463 g/mol. The van der Waals surface area contributed by atoms with Crippen LogP contribution in [0.15, 0.2) is 60.7 Å². The Kier molecular flexibility index (Phi) is 5.40. The van der Waals surface area contributed by atoms with Gasteiger partial charge in [0.05, 0.1) is 41.7 Å². The van der Waals surface area contributed by atoms with Crippen LogP contribution in [0.25, 0.3) is 22.2 Å². The number of nitrogens with zero attached hydrogens (tertiary/aromatic N) is 1. The van der Waals surface area contributed by atoms with E-state index in [-0.39, 0.29) is 12.7 Å². The fraction of sp³-hybridized carbons (Fsp3) is 0.120. The first kappa shape index (κ1) is 20.9. The minimum Gasteiger partial charge on any atom is -0.495 e. The summed E-state index contributed by atoms with van der Waals surface area (Å²) in [6.45, 7) is 0.185. The second-order valence-electron chi connectivity index (χ2n) is 7.28. The van der Waals surface area contributed by atoms with Gasteiger partial charge in [0.25, 0.3) is 5.91 Å². The summed E-state index contributed by atoms with van der Waals surface area (Å²) in [5.41, 5.74) is 3.04. The molecule has 0 unspecified atom stereocenters. The minimum atomic E-state index is -0.321. The monoisotopic (exact) mass is 462 g/mol. The number of halogens is 1. The summed E-state index contributed by atoms with van der Waals surface area (Å²) in [5, 5.41) is 4.02. The van der Waals surface area contributed by atoms with Crippen LogP contribution in [-0.4, -0.2) is 31.9 Å². The van der Waals surface area contributed by atoms with Gasteiger partial charge in [0, 0.05) is 23.1 Å². The van der Waals surface area contributed by atoms with Gasteiger partial charge in [-0.25, -0.2) is 4.98 Å². The van der Waals surface area contributed by atoms with E-state index in [1.165, 1.54) is 14.2 Å². The molecule has 0 fully saturated rings. The Morgan fingerprint density at radius 3 is 2.58 bits per heavy atom. The molecule has 0 bridgehead atoms. The van der Waals surface area contributed by atoms with E-state index in [0.717, 1.165) is 10.9 Å². The van der Waals surface area contributed by atoms with E-state index in [2.05, 4.69) is 5.32 Å². The van der Waals surface area contributed by atoms with E-state index in [0.29, 0.717) is 50.5 Å². The number of rotatable bonds is 5. The Morgan fingerprint density at radius 1 is 0.970 bits per heavy atom. The first-order valence-electron chi connectivity index (χ1n) is 10.1. The van der Waals surface area contributed by atoms with Crippen LogP contribution >= 0.6 is 11.6 Å². The van der Waals surface area contributed by atoms with Crippen LogP contribution in [-0.2, 0) is 0 Å². The second-order valence-corrected chi connectivity index (χ2v) is 7.69. The molecule has 1 aliphatic heterocycles. The predicted octanol–water partition coefficient (Wildman–Crippen LogP) is 5.55. The lowest BCUT2D eigenvalue weighted by atomic mass is 10.0. The standard InChI is InChI=1S/C25H19ClN2O5/c1-30-22-12-20(23(31-2)11-17(22)26)28-25(29)16-10-19(27-18-6-4-3-5-15(16)18)14-7-8-21-24(9-14)33-13-32-21/h3-12H,13H2,1-2H3,(H,28,29). The van der Waals surface area contributed by atoms with Crippen molar-refractivity contribution in [1.29, 1.82) is 0 Å². The van der Waals surface area contributed by atoms with Crippen LogP contribution in [0.3, 0.4) is 0 Å². The number of pyridine rings is 1. The van der Waals surface area contributed by atoms with Crippen molar-refractivity contribution in [1.82, 2.24) is 4.98 Å². The lowest BCUT2D eigenvalue weighted by Crippen LogP contribution is -2.14. The van der Waals surface area contributed by atoms with E-state index in [1.807, 2.05) is 42.5 Å². The van der Waals surface area contributed by atoms with E-state index >= 15 is 0 Å². The summed E-state index contributed by atoms with van der Waals surface area (Å²) in [6.07, 6.45) is 0. The fourth-order valence-electron chi connectivity index (χ4n) is 3.71. The number of carbonyl (C=O) groups excluding carboxylic acids is 1. The summed E-state index contributed by atoms with van der Waals surface area (Å²) < 4.78 is 21.6. The first-order chi connectivity index (χ1) is 16.1. The molecule has 0 saturated carbocycles. The van der Waals surface area contributed by atoms with Crippen molar-refractivity contribution in [2.24, 2.45) is 0 Å². The Hall–Kier alpha value is -3.97. The van der Waals surface area contributed by atoms with Crippen LogP contribution in [0, 0.1) is 0 Å². The zero-order chi connectivity index (χ0) is 22.9. The highest BCUT2D eigenvalue weighted by molar-refractivity contribution is 6.32. The highest BCUT2D eigenvalue weighted by atomic mass is 35.5. The second kappa shape index (κ2) is 8.52. The van der Waals surface area contributed by atoms with Crippen LogP contribution in [0.2, 0.25) is 5.02 Å². The number of nitrogens with one attached hydrogen (secondary N) is 1. The summed E-state index contributed by atoms with van der Waals surface area (Å²) in [5.74, 6) is 1.85. The Bertz CT molecular complexity index is 1390. The smallest absolute Gasteiger partial charge is 0.256 e. The number of anilines is 1. The van der Waals surface area contributed by atoms with Gasteiger partial charge in [-0.2, -0.15) is 0 Å². The third kappa shape index (κ3) is 3.87. The minimum absolute atomic E-state index is 0.185. The highest BCUT2D eigenvalue weighted by Gasteiger charge is 2.19. The maximum atomic E-state index is 13.4. The molecule has 0 spiro atoms. The van der Waals surface area contributed by atoms with Crippen LogP contribution in [0.4, 0.5) is 5.69 Å². The van der Waals surface area contributed by atoms with Crippen LogP contribution < -0.4 is 24.3 Å². The molecule has 8 heteroatoms. The topological polar surface area (TPSA) is 78.9 Å². The molecule has 0 saturated heterocycles. The number of hydrogen-bond donors (Lipinski definition) is 1. The molecule has 2 heterocycles. The van der Waals surface area contributed by atoms with Gasteiger partial charge in [-0.05, 0) is 30.3 Å². The first-order valence-corrected chi connectivity index (χ1v) is 10.5. The molecule has 0 radical (unpaired) electrons. The Labute approximate surface area is 194 Å². The number of carbonyl (C=O) groups is 1. The number of methoxy groups -OCH3 is 2. The number of aromatic nitrogens is 1. The summed E-state index contributed by atoms with van der Waals surface area (Å²) in [7, 11) is 3.01. The lowest BCUT2D eigenvalue weighted by molar-refractivity contribution is 0.102. The number of hydrogen-bond acceptors (Lipinski definition) is 6. The van der Waals surface area contributed by atoms with Gasteiger partial charge in [0.2, 0.25) is 6.79 Å². The summed E-state index contributed by atoms with van der Waals surface area (Å²) in [6, 6.07) is 18.0. The maximum absolute atomic E-state index is 13.4. The Balaban J connectivity index is 1.59. The molecule has 3 aromatic carbocycles. The predicted molar refractivity (Wildman–Crippen MR) is 126 cm³/mol. The van der Waals surface area contributed by atoms with Crippen molar-refractivity contribution in [3.8, 4) is 34.3 Å². The van der Waals surface area contributed by atoms with E-state index in [1.54, 1.807) is 18.2 Å². The summed E-state index contributed by atoms with van der Waals surface area (Å²) >= 11 is 6.20. The molecule has 166 valence electrons. The lowest BCUT2D eigenvalue weighted by Gasteiger charge is -2.15. The zero-order valence-electron chi connectivity index (χ0n) is 17.8. The zero-order valence-corrected chi connectivity index (χ0v) is 18.6. The number of para-hydroxylation sites is 1. The number of benzene rings is 3. The van der Waals surface area contributed by atoms with Crippen molar-refractivity contribution in [3.63, 3.8) is 0 Å². The van der Waals surface area contributed by atoms with Gasteiger partial charge >= 0.3 is 0 Å². The van der Waals surface area contributed by atoms with Gasteiger partial charge in [-0.1, -0.05) is 29.8 Å². The van der Waals surface area contributed by atoms with Crippen molar-refractivity contribution in [2.45, 2.75) is 0 Å². The fourth-order valence-corrected chi connectivity index (χ4v) is 3.95. The van der Waals surface area contributed by atoms with Gasteiger partial charge in [0.15, 0.2) is 11.5 Å². The summed E-state index contributed by atoms with van der Waals surface area (Å²) in [4.78, 5) is 18.2. The SMILES string of the molecule is COc1cc(NC(=O)c2cc(-c3ccc4c(c3)OCO4)nc3ccccc23)c(OC)cc1Cl. The molecule has 4 aromatic rings. The molecule has 33 heavy (non-hydrogen) atoms. The molecular weight excluding hydrogens is 444 g/mol. The normalized spacial score (nSPS) is 12.0. The molecule has 1 amide bonds. The molecule has 1 aromatic heterocycles. The van der Waals surface area contributed by atoms with Gasteiger partial charge in [-0.3, -0.25) is 4.79 Å². The highest BCUT2D eigenvalue weighted by Crippen LogP contribution is 2.38. The molecule has 7 nitrogen and oxygen atoms in total. The molecule has 0 aliphatic carbocycles. The van der Waals surface area contributed by atoms with E-state index in [4.69, 9.17) is 35.5 Å². The van der Waals surface area contributed by atoms with E-state index < -0.39 is 0 Å². The largest absolute Gasteiger partial charge is 0.495 e. The molecule has 0 atom stereocenters. The third-order valence-corrected chi connectivity index (χ3v) is 5.65. The average Bonchev–Trinajstić information content (AvgIpc) is 3.32.